The number of hydrogen-bond donors (Lipinski definition) is 0. The van der Waals surface area contributed by atoms with Crippen molar-refractivity contribution in [1.29, 1.82) is 0 Å². The number of piperidine rings is 1. The summed E-state index contributed by atoms with van der Waals surface area (Å²) in [6.45, 7) is 2.76. The van der Waals surface area contributed by atoms with E-state index in [1.165, 1.54) is 12.1 Å². The molecule has 1 aliphatic rings. The Labute approximate surface area is 137 Å². The van der Waals surface area contributed by atoms with Crippen LogP contribution in [-0.4, -0.2) is 34.1 Å². The summed E-state index contributed by atoms with van der Waals surface area (Å²) < 4.78 is 19.6. The van der Waals surface area contributed by atoms with Crippen molar-refractivity contribution >= 4 is 15.9 Å². The molecule has 22 heavy (non-hydrogen) atoms. The largest absolute Gasteiger partial charge is 0.460 e. The third-order valence-corrected chi connectivity index (χ3v) is 4.13. The Morgan fingerprint density at radius 1 is 1.14 bits per heavy atom. The van der Waals surface area contributed by atoms with E-state index in [9.17, 15) is 4.39 Å². The van der Waals surface area contributed by atoms with Gasteiger partial charge in [0.25, 0.3) is 0 Å². The molecule has 116 valence electrons. The predicted molar refractivity (Wildman–Crippen MR) is 85.1 cm³/mol. The van der Waals surface area contributed by atoms with Crippen molar-refractivity contribution in [1.82, 2.24) is 14.9 Å². The third-order valence-electron chi connectivity index (χ3n) is 3.72. The van der Waals surface area contributed by atoms with E-state index in [2.05, 4.69) is 30.8 Å². The van der Waals surface area contributed by atoms with Crippen LogP contribution in [0.2, 0.25) is 0 Å². The Balaban J connectivity index is 1.47. The van der Waals surface area contributed by atoms with Gasteiger partial charge < -0.3 is 4.74 Å². The van der Waals surface area contributed by atoms with E-state index in [4.69, 9.17) is 4.74 Å². The average molecular weight is 366 g/mol. The molecular weight excluding hydrogens is 349 g/mol. The molecule has 6 heteroatoms. The highest BCUT2D eigenvalue weighted by Gasteiger charge is 2.21. The van der Waals surface area contributed by atoms with Gasteiger partial charge in [-0.15, -0.1) is 0 Å². The first-order valence-electron chi connectivity index (χ1n) is 7.30. The summed E-state index contributed by atoms with van der Waals surface area (Å²) in [5.74, 6) is -0.189. The van der Waals surface area contributed by atoms with Crippen LogP contribution in [0.25, 0.3) is 0 Å². The quantitative estimate of drug-likeness (QED) is 0.831. The molecule has 0 bridgehead atoms. The van der Waals surface area contributed by atoms with Crippen LogP contribution in [0, 0.1) is 5.82 Å². The van der Waals surface area contributed by atoms with E-state index in [0.717, 1.165) is 42.5 Å². The lowest BCUT2D eigenvalue weighted by Crippen LogP contribution is -2.38. The second-order valence-corrected chi connectivity index (χ2v) is 6.32. The Hall–Kier alpha value is -1.53. The van der Waals surface area contributed by atoms with Crippen LogP contribution in [0.1, 0.15) is 18.4 Å². The number of benzene rings is 1. The van der Waals surface area contributed by atoms with E-state index >= 15 is 0 Å². The number of rotatable bonds is 4. The molecule has 0 aliphatic carbocycles. The van der Waals surface area contributed by atoms with E-state index in [0.29, 0.717) is 6.01 Å². The number of aromatic nitrogens is 2. The minimum atomic E-state index is -0.189. The zero-order valence-electron chi connectivity index (χ0n) is 12.1. The van der Waals surface area contributed by atoms with Crippen molar-refractivity contribution in [2.45, 2.75) is 25.5 Å². The van der Waals surface area contributed by atoms with Crippen molar-refractivity contribution in [3.05, 3.63) is 52.5 Å². The highest BCUT2D eigenvalue weighted by atomic mass is 79.9. The van der Waals surface area contributed by atoms with Gasteiger partial charge >= 0.3 is 6.01 Å². The van der Waals surface area contributed by atoms with Crippen molar-refractivity contribution in [3.8, 4) is 6.01 Å². The number of nitrogens with zero attached hydrogens (tertiary/aromatic N) is 3. The van der Waals surface area contributed by atoms with Crippen LogP contribution in [0.15, 0.2) is 41.1 Å². The van der Waals surface area contributed by atoms with Gasteiger partial charge in [-0.2, -0.15) is 0 Å². The number of likely N-dealkylation sites (tertiary alicyclic amines) is 1. The van der Waals surface area contributed by atoms with Crippen molar-refractivity contribution in [2.24, 2.45) is 0 Å². The van der Waals surface area contributed by atoms with Crippen LogP contribution >= 0.6 is 15.9 Å². The number of ether oxygens (including phenoxy) is 1. The summed E-state index contributed by atoms with van der Waals surface area (Å²) in [6.07, 6.45) is 5.42. The molecule has 0 radical (unpaired) electrons. The van der Waals surface area contributed by atoms with Crippen LogP contribution < -0.4 is 4.74 Å². The normalized spacial score (nSPS) is 16.6. The molecule has 2 heterocycles. The second-order valence-electron chi connectivity index (χ2n) is 5.40. The molecular formula is C16H17BrFN3O. The standard InChI is InChI=1S/C16H17BrFN3O/c17-13-9-19-16(20-10-13)22-15-5-7-21(8-6-15)11-12-1-3-14(18)4-2-12/h1-4,9-10,15H,5-8,11H2. The molecule has 0 atom stereocenters. The van der Waals surface area contributed by atoms with Gasteiger partial charge in [-0.3, -0.25) is 4.90 Å². The summed E-state index contributed by atoms with van der Waals surface area (Å²) in [5, 5.41) is 0. The molecule has 1 saturated heterocycles. The van der Waals surface area contributed by atoms with E-state index < -0.39 is 0 Å². The molecule has 1 aliphatic heterocycles. The van der Waals surface area contributed by atoms with Crippen molar-refractivity contribution in [3.63, 3.8) is 0 Å². The first-order chi connectivity index (χ1) is 10.7. The van der Waals surface area contributed by atoms with E-state index in [1.54, 1.807) is 12.4 Å². The first kappa shape index (κ1) is 15.4. The van der Waals surface area contributed by atoms with Gasteiger partial charge in [0.05, 0.1) is 4.47 Å². The number of hydrogen-bond acceptors (Lipinski definition) is 4. The Morgan fingerprint density at radius 3 is 2.41 bits per heavy atom. The minimum absolute atomic E-state index is 0.158. The molecule has 3 rings (SSSR count). The Kier molecular flexibility index (Phi) is 5.00. The first-order valence-corrected chi connectivity index (χ1v) is 8.09. The zero-order chi connectivity index (χ0) is 15.4. The van der Waals surface area contributed by atoms with Crippen molar-refractivity contribution < 1.29 is 9.13 Å². The molecule has 1 fully saturated rings. The fraction of sp³-hybridized carbons (Fsp3) is 0.375. The summed E-state index contributed by atoms with van der Waals surface area (Å²) in [4.78, 5) is 10.6. The van der Waals surface area contributed by atoms with Gasteiger partial charge in [0.15, 0.2) is 0 Å². The predicted octanol–water partition coefficient (Wildman–Crippen LogP) is 3.42. The Morgan fingerprint density at radius 2 is 1.77 bits per heavy atom. The molecule has 0 saturated carbocycles. The van der Waals surface area contributed by atoms with Crippen LogP contribution in [-0.2, 0) is 6.54 Å². The summed E-state index contributed by atoms with van der Waals surface area (Å²) >= 11 is 3.30. The van der Waals surface area contributed by atoms with Gasteiger partial charge in [0, 0.05) is 32.0 Å². The fourth-order valence-corrected chi connectivity index (χ4v) is 2.75. The van der Waals surface area contributed by atoms with Gasteiger partial charge in [0.1, 0.15) is 11.9 Å². The molecule has 0 spiro atoms. The average Bonchev–Trinajstić information content (AvgIpc) is 2.54. The van der Waals surface area contributed by atoms with E-state index in [1.807, 2.05) is 12.1 Å². The lowest BCUT2D eigenvalue weighted by atomic mass is 10.1. The summed E-state index contributed by atoms with van der Waals surface area (Å²) in [5.41, 5.74) is 1.14. The smallest absolute Gasteiger partial charge is 0.316 e. The molecule has 2 aromatic rings. The second kappa shape index (κ2) is 7.15. The van der Waals surface area contributed by atoms with Crippen LogP contribution in [0.3, 0.4) is 0 Å². The monoisotopic (exact) mass is 365 g/mol. The maximum atomic E-state index is 12.9. The highest BCUT2D eigenvalue weighted by Crippen LogP contribution is 2.18. The van der Waals surface area contributed by atoms with Gasteiger partial charge in [-0.05, 0) is 46.5 Å². The summed E-state index contributed by atoms with van der Waals surface area (Å²) in [7, 11) is 0. The lowest BCUT2D eigenvalue weighted by molar-refractivity contribution is 0.0892. The van der Waals surface area contributed by atoms with Crippen molar-refractivity contribution in [2.75, 3.05) is 13.1 Å². The topological polar surface area (TPSA) is 38.2 Å². The maximum absolute atomic E-state index is 12.9. The fourth-order valence-electron chi connectivity index (χ4n) is 2.54. The Bertz CT molecular complexity index is 542. The molecule has 4 nitrogen and oxygen atoms in total. The number of halogens is 2. The zero-order valence-corrected chi connectivity index (χ0v) is 13.7. The lowest BCUT2D eigenvalue weighted by Gasteiger charge is -2.31. The highest BCUT2D eigenvalue weighted by molar-refractivity contribution is 9.10. The third kappa shape index (κ3) is 4.24. The molecule has 1 aromatic carbocycles. The minimum Gasteiger partial charge on any atom is -0.460 e. The SMILES string of the molecule is Fc1ccc(CN2CCC(Oc3ncc(Br)cn3)CC2)cc1. The molecule has 0 N–H and O–H groups in total. The maximum Gasteiger partial charge on any atom is 0.316 e. The van der Waals surface area contributed by atoms with Gasteiger partial charge in [-0.25, -0.2) is 14.4 Å². The molecule has 1 aromatic heterocycles. The molecule has 0 unspecified atom stereocenters. The van der Waals surface area contributed by atoms with Crippen LogP contribution in [0.4, 0.5) is 4.39 Å². The van der Waals surface area contributed by atoms with Gasteiger partial charge in [0.2, 0.25) is 0 Å². The van der Waals surface area contributed by atoms with E-state index in [-0.39, 0.29) is 11.9 Å². The van der Waals surface area contributed by atoms with Crippen LogP contribution in [0.5, 0.6) is 6.01 Å². The van der Waals surface area contributed by atoms with Gasteiger partial charge in [-0.1, -0.05) is 12.1 Å². The molecule has 0 amide bonds. The summed E-state index contributed by atoms with van der Waals surface area (Å²) in [6, 6.07) is 7.13.